The molecule has 0 atom stereocenters. The Hall–Kier alpha value is -2.27. The Balaban J connectivity index is 1.60. The smallest absolute Gasteiger partial charge is 0.178 e. The van der Waals surface area contributed by atoms with E-state index in [1.807, 2.05) is 45.2 Å². The van der Waals surface area contributed by atoms with Crippen LogP contribution in [0.5, 0.6) is 5.75 Å². The third-order valence-corrected chi connectivity index (χ3v) is 5.04. The van der Waals surface area contributed by atoms with Crippen LogP contribution >= 0.6 is 0 Å². The minimum atomic E-state index is 0.187. The fourth-order valence-corrected chi connectivity index (χ4v) is 3.30. The van der Waals surface area contributed by atoms with E-state index in [2.05, 4.69) is 14.4 Å². The molecule has 0 amide bonds. The first kappa shape index (κ1) is 16.6. The molecule has 0 spiro atoms. The number of nitrogens with zero attached hydrogens (tertiary/aromatic N) is 3. The maximum Gasteiger partial charge on any atom is 0.178 e. The molecule has 128 valence electrons. The summed E-state index contributed by atoms with van der Waals surface area (Å²) in [6, 6.07) is 9.40. The Morgan fingerprint density at radius 3 is 2.38 bits per heavy atom. The lowest BCUT2D eigenvalue weighted by atomic mass is 10.1. The zero-order valence-electron chi connectivity index (χ0n) is 14.6. The Morgan fingerprint density at radius 1 is 1.12 bits per heavy atom. The highest BCUT2D eigenvalue weighted by molar-refractivity contribution is 5.99. The third kappa shape index (κ3) is 3.17. The van der Waals surface area contributed by atoms with Crippen molar-refractivity contribution in [2.45, 2.75) is 13.8 Å². The first-order valence-electron chi connectivity index (χ1n) is 8.39. The molecule has 2 aromatic rings. The summed E-state index contributed by atoms with van der Waals surface area (Å²) in [5.41, 5.74) is 3.85. The Bertz CT molecular complexity index is 743. The number of ketones is 1. The van der Waals surface area contributed by atoms with Crippen molar-refractivity contribution in [1.29, 1.82) is 0 Å². The molecule has 1 saturated heterocycles. The van der Waals surface area contributed by atoms with Crippen LogP contribution in [0.25, 0.3) is 0 Å². The second-order valence-corrected chi connectivity index (χ2v) is 6.52. The van der Waals surface area contributed by atoms with E-state index in [1.54, 1.807) is 6.07 Å². The van der Waals surface area contributed by atoms with Gasteiger partial charge in [0.25, 0.3) is 0 Å². The quantitative estimate of drug-likeness (QED) is 0.876. The van der Waals surface area contributed by atoms with Crippen LogP contribution in [0.1, 0.15) is 21.7 Å². The topological polar surface area (TPSA) is 48.7 Å². The van der Waals surface area contributed by atoms with Crippen molar-refractivity contribution in [2.24, 2.45) is 7.05 Å². The van der Waals surface area contributed by atoms with E-state index in [-0.39, 0.29) is 5.78 Å². The van der Waals surface area contributed by atoms with Gasteiger partial charge < -0.3 is 14.6 Å². The van der Waals surface area contributed by atoms with Gasteiger partial charge in [0.15, 0.2) is 5.78 Å². The first-order valence-corrected chi connectivity index (χ1v) is 8.39. The van der Waals surface area contributed by atoms with Crippen LogP contribution in [0.4, 0.5) is 5.69 Å². The van der Waals surface area contributed by atoms with Crippen molar-refractivity contribution in [3.8, 4) is 5.75 Å². The second-order valence-electron chi connectivity index (χ2n) is 6.52. The molecule has 0 unspecified atom stereocenters. The van der Waals surface area contributed by atoms with E-state index in [9.17, 15) is 9.90 Å². The summed E-state index contributed by atoms with van der Waals surface area (Å²) in [6.45, 7) is 7.76. The molecule has 1 N–H and O–H groups in total. The summed E-state index contributed by atoms with van der Waals surface area (Å²) in [4.78, 5) is 17.0. The largest absolute Gasteiger partial charge is 0.506 e. The molecule has 0 aliphatic carbocycles. The Labute approximate surface area is 143 Å². The van der Waals surface area contributed by atoms with Crippen LogP contribution in [0, 0.1) is 13.8 Å². The van der Waals surface area contributed by atoms with Gasteiger partial charge in [-0.3, -0.25) is 9.69 Å². The first-order chi connectivity index (χ1) is 11.5. The zero-order valence-corrected chi connectivity index (χ0v) is 14.6. The number of phenols is 1. The van der Waals surface area contributed by atoms with Gasteiger partial charge in [-0.15, -0.1) is 0 Å². The third-order valence-electron chi connectivity index (χ3n) is 5.04. The second kappa shape index (κ2) is 6.69. The number of hydrogen-bond acceptors (Lipinski definition) is 4. The standard InChI is InChI=1S/C19H25N3O2/c1-14-12-16(15(2)20(14)3)19(24)13-21-8-10-22(11-9-21)17-6-4-5-7-18(17)23/h4-7,12,23H,8-11,13H2,1-3H3. The molecular weight excluding hydrogens is 302 g/mol. The summed E-state index contributed by atoms with van der Waals surface area (Å²) in [5, 5.41) is 9.97. The number of carbonyl (C=O) groups is 1. The summed E-state index contributed by atoms with van der Waals surface area (Å²) in [7, 11) is 1.99. The van der Waals surface area contributed by atoms with E-state index in [4.69, 9.17) is 0 Å². The van der Waals surface area contributed by atoms with Gasteiger partial charge in [0, 0.05) is 50.2 Å². The average Bonchev–Trinajstić information content (AvgIpc) is 2.84. The summed E-state index contributed by atoms with van der Waals surface area (Å²) in [6.07, 6.45) is 0. The number of anilines is 1. The number of Topliss-reactive ketones (excluding diaryl/α,β-unsaturated/α-hetero) is 1. The van der Waals surface area contributed by atoms with Gasteiger partial charge in [0.2, 0.25) is 0 Å². The minimum absolute atomic E-state index is 0.187. The molecule has 1 aromatic carbocycles. The van der Waals surface area contributed by atoms with Crippen molar-refractivity contribution in [3.63, 3.8) is 0 Å². The van der Waals surface area contributed by atoms with Crippen LogP contribution in [0.15, 0.2) is 30.3 Å². The normalized spacial score (nSPS) is 15.7. The highest BCUT2D eigenvalue weighted by Crippen LogP contribution is 2.27. The minimum Gasteiger partial charge on any atom is -0.506 e. The lowest BCUT2D eigenvalue weighted by Crippen LogP contribution is -2.48. The monoisotopic (exact) mass is 327 g/mol. The van der Waals surface area contributed by atoms with Gasteiger partial charge in [0.05, 0.1) is 12.2 Å². The van der Waals surface area contributed by atoms with Crippen LogP contribution < -0.4 is 4.90 Å². The van der Waals surface area contributed by atoms with Gasteiger partial charge in [-0.25, -0.2) is 0 Å². The van der Waals surface area contributed by atoms with Crippen molar-refractivity contribution >= 4 is 11.5 Å². The predicted octanol–water partition coefficient (Wildman–Crippen LogP) is 2.35. The number of para-hydroxylation sites is 2. The van der Waals surface area contributed by atoms with Crippen LogP contribution in [-0.2, 0) is 7.05 Å². The van der Waals surface area contributed by atoms with E-state index in [1.165, 1.54) is 0 Å². The average molecular weight is 327 g/mol. The Morgan fingerprint density at radius 2 is 1.79 bits per heavy atom. The number of piperazine rings is 1. The summed E-state index contributed by atoms with van der Waals surface area (Å²) >= 11 is 0. The molecule has 24 heavy (non-hydrogen) atoms. The molecule has 5 heteroatoms. The highest BCUT2D eigenvalue weighted by atomic mass is 16.3. The van der Waals surface area contributed by atoms with Crippen molar-refractivity contribution < 1.29 is 9.90 Å². The van der Waals surface area contributed by atoms with Gasteiger partial charge in [-0.1, -0.05) is 12.1 Å². The number of carbonyl (C=O) groups excluding carboxylic acids is 1. The molecule has 1 fully saturated rings. The van der Waals surface area contributed by atoms with Crippen LogP contribution in [0.3, 0.4) is 0 Å². The molecule has 1 aliphatic rings. The van der Waals surface area contributed by atoms with Gasteiger partial charge >= 0.3 is 0 Å². The number of phenolic OH excluding ortho intramolecular Hbond substituents is 1. The number of aromatic nitrogens is 1. The van der Waals surface area contributed by atoms with Crippen molar-refractivity contribution in [2.75, 3.05) is 37.6 Å². The summed E-state index contributed by atoms with van der Waals surface area (Å²) < 4.78 is 2.06. The van der Waals surface area contributed by atoms with E-state index < -0.39 is 0 Å². The van der Waals surface area contributed by atoms with Crippen molar-refractivity contribution in [1.82, 2.24) is 9.47 Å². The maximum absolute atomic E-state index is 12.6. The Kier molecular flexibility index (Phi) is 4.62. The summed E-state index contributed by atoms with van der Waals surface area (Å²) in [5.74, 6) is 0.504. The number of aryl methyl sites for hydroxylation is 1. The lowest BCUT2D eigenvalue weighted by molar-refractivity contribution is 0.0925. The molecule has 1 aromatic heterocycles. The molecule has 0 bridgehead atoms. The molecule has 0 radical (unpaired) electrons. The number of aromatic hydroxyl groups is 1. The zero-order chi connectivity index (χ0) is 17.3. The van der Waals surface area contributed by atoms with Crippen LogP contribution in [0.2, 0.25) is 0 Å². The molecule has 2 heterocycles. The maximum atomic E-state index is 12.6. The number of benzene rings is 1. The number of hydrogen-bond donors (Lipinski definition) is 1. The molecule has 5 nitrogen and oxygen atoms in total. The van der Waals surface area contributed by atoms with Crippen molar-refractivity contribution in [3.05, 3.63) is 47.3 Å². The van der Waals surface area contributed by atoms with Gasteiger partial charge in [-0.05, 0) is 32.0 Å². The predicted molar refractivity (Wildman–Crippen MR) is 96.0 cm³/mol. The van der Waals surface area contributed by atoms with Crippen LogP contribution in [-0.4, -0.2) is 53.1 Å². The fraction of sp³-hybridized carbons (Fsp3) is 0.421. The lowest BCUT2D eigenvalue weighted by Gasteiger charge is -2.35. The van der Waals surface area contributed by atoms with E-state index >= 15 is 0 Å². The van der Waals surface area contributed by atoms with E-state index in [0.29, 0.717) is 12.3 Å². The fourth-order valence-electron chi connectivity index (χ4n) is 3.30. The SMILES string of the molecule is Cc1cc(C(=O)CN2CCN(c3ccccc3O)CC2)c(C)n1C. The van der Waals surface area contributed by atoms with Gasteiger partial charge in [-0.2, -0.15) is 0 Å². The highest BCUT2D eigenvalue weighted by Gasteiger charge is 2.22. The van der Waals surface area contributed by atoms with E-state index in [0.717, 1.165) is 48.8 Å². The molecular formula is C19H25N3O2. The molecule has 3 rings (SSSR count). The molecule has 0 saturated carbocycles. The number of rotatable bonds is 4. The molecule has 1 aliphatic heterocycles. The van der Waals surface area contributed by atoms with Gasteiger partial charge in [0.1, 0.15) is 5.75 Å².